The average Bonchev–Trinajstić information content (AvgIpc) is 3.45. The normalized spacial score (nSPS) is 14.9. The summed E-state index contributed by atoms with van der Waals surface area (Å²) in [4.78, 5) is 4.25. The van der Waals surface area contributed by atoms with Gasteiger partial charge in [-0.2, -0.15) is 12.2 Å². The van der Waals surface area contributed by atoms with Crippen LogP contribution in [-0.2, 0) is 21.1 Å². The number of nitrogens with one attached hydrogen (secondary N) is 1. The maximum atomic E-state index is 4.27. The molecular weight excluding hydrogens is 571 g/mol. The summed E-state index contributed by atoms with van der Waals surface area (Å²) >= 11 is 0. The van der Waals surface area contributed by atoms with Crippen LogP contribution in [0, 0.1) is 18.4 Å². The second-order valence-electron chi connectivity index (χ2n) is 6.39. The van der Waals surface area contributed by atoms with E-state index >= 15 is 0 Å². The predicted octanol–water partition coefficient (Wildman–Crippen LogP) is 4.08. The molecule has 0 aliphatic carbocycles. The molecular formula is C22H17N8Pt-5. The van der Waals surface area contributed by atoms with Crippen molar-refractivity contribution in [3.05, 3.63) is 143 Å². The molecule has 0 fully saturated rings. The molecule has 6 heterocycles. The topological polar surface area (TPSA) is 89.1 Å². The molecule has 3 aromatic heterocycles. The first kappa shape index (κ1) is 20.8. The maximum Gasteiger partial charge on any atom is 0.155 e. The third kappa shape index (κ3) is 4.36. The molecule has 3 aliphatic rings. The van der Waals surface area contributed by atoms with E-state index in [0.29, 0.717) is 0 Å². The van der Waals surface area contributed by atoms with E-state index in [1.165, 1.54) is 0 Å². The fourth-order valence-electron chi connectivity index (χ4n) is 3.07. The molecule has 160 valence electrons. The Labute approximate surface area is 195 Å². The monoisotopic (exact) mass is 588 g/mol. The standard InChI is InChI=1S/C11H9N4.C11H8N4.Pt/c2*1-3-7-12-9(5-1)11-14-13-10-6-2-4-8-15(10)11;/h1-8,13H;1-8H;/q-3;-2;. The third-order valence-electron chi connectivity index (χ3n) is 4.47. The number of hydrogen-bond donors (Lipinski definition) is 1. The predicted molar refractivity (Wildman–Crippen MR) is 112 cm³/mol. The number of aromatic nitrogens is 3. The number of hydrogen-bond acceptors (Lipinski definition) is 2. The second kappa shape index (κ2) is 9.57. The molecule has 0 spiro atoms. The molecule has 9 heteroatoms. The molecule has 1 N–H and O–H groups in total. The number of anilines is 1. The van der Waals surface area contributed by atoms with E-state index in [4.69, 9.17) is 0 Å². The molecule has 6 rings (SSSR count). The summed E-state index contributed by atoms with van der Waals surface area (Å²) < 4.78 is 3.89. The third-order valence-corrected chi connectivity index (χ3v) is 4.47. The number of rotatable bonds is 2. The van der Waals surface area contributed by atoms with Crippen LogP contribution < -0.4 is 14.6 Å². The van der Waals surface area contributed by atoms with Crippen LogP contribution in [0.15, 0.2) is 97.6 Å². The van der Waals surface area contributed by atoms with Crippen LogP contribution in [0.5, 0.6) is 0 Å². The fraction of sp³-hybridized carbons (Fsp3) is 0. The molecule has 0 atom stereocenters. The minimum Gasteiger partial charge on any atom is -0.759 e. The van der Waals surface area contributed by atoms with Crippen molar-refractivity contribution in [3.8, 4) is 0 Å². The minimum absolute atomic E-state index is 0. The fourth-order valence-corrected chi connectivity index (χ4v) is 3.07. The van der Waals surface area contributed by atoms with Crippen molar-refractivity contribution in [2.45, 2.75) is 0 Å². The van der Waals surface area contributed by atoms with Crippen molar-refractivity contribution in [2.24, 2.45) is 0 Å². The van der Waals surface area contributed by atoms with Gasteiger partial charge in [-0.1, -0.05) is 48.7 Å². The van der Waals surface area contributed by atoms with Gasteiger partial charge in [-0.25, -0.2) is 12.3 Å². The molecule has 0 saturated heterocycles. The van der Waals surface area contributed by atoms with Gasteiger partial charge in [0.15, 0.2) is 5.82 Å². The van der Waals surface area contributed by atoms with E-state index in [0.717, 1.165) is 35.7 Å². The van der Waals surface area contributed by atoms with E-state index in [1.54, 1.807) is 12.4 Å². The largest absolute Gasteiger partial charge is 0.759 e. The zero-order chi connectivity index (χ0) is 20.2. The molecule has 0 saturated carbocycles. The smallest absolute Gasteiger partial charge is 0.155 e. The number of nitrogens with zero attached hydrogens (tertiary/aromatic N) is 7. The first-order chi connectivity index (χ1) is 14.9. The summed E-state index contributed by atoms with van der Waals surface area (Å²) in [5, 5.41) is 4.27. The number of fused-ring (bicyclic) bond motifs is 2. The molecule has 8 nitrogen and oxygen atoms in total. The SMILES string of the molecule is C1=C[N-][C-]([C-]2[N-]Nc3cccc[n+]32)C=C1.[Pt].c1ccc([C-]2[N-][N-]c3cccc[n+]32)nc1. The number of allylic oxidation sites excluding steroid dienone is 2. The molecule has 0 aromatic carbocycles. The van der Waals surface area contributed by atoms with E-state index in [9.17, 15) is 0 Å². The van der Waals surface area contributed by atoms with Crippen LogP contribution in [0.3, 0.4) is 0 Å². The average molecular weight is 589 g/mol. The molecule has 0 radical (unpaired) electrons. The van der Waals surface area contributed by atoms with Gasteiger partial charge < -0.3 is 42.2 Å². The Kier molecular flexibility index (Phi) is 6.42. The Morgan fingerprint density at radius 1 is 0.903 bits per heavy atom. The van der Waals surface area contributed by atoms with Crippen molar-refractivity contribution in [2.75, 3.05) is 5.43 Å². The Morgan fingerprint density at radius 3 is 2.55 bits per heavy atom. The summed E-state index contributed by atoms with van der Waals surface area (Å²) in [6, 6.07) is 18.3. The van der Waals surface area contributed by atoms with E-state index in [1.807, 2.05) is 94.4 Å². The summed E-state index contributed by atoms with van der Waals surface area (Å²) in [5.74, 6) is 1.79. The van der Waals surface area contributed by atoms with Gasteiger partial charge in [0.25, 0.3) is 0 Å². The quantitative estimate of drug-likeness (QED) is 0.362. The van der Waals surface area contributed by atoms with Crippen LogP contribution in [0.4, 0.5) is 11.6 Å². The summed E-state index contributed by atoms with van der Waals surface area (Å²) in [6.07, 6.45) is 14.8. The van der Waals surface area contributed by atoms with Gasteiger partial charge in [-0.05, 0) is 18.0 Å². The minimum atomic E-state index is 0. The second-order valence-corrected chi connectivity index (χ2v) is 6.39. The Bertz CT molecular complexity index is 1070. The van der Waals surface area contributed by atoms with Gasteiger partial charge >= 0.3 is 0 Å². The summed E-state index contributed by atoms with van der Waals surface area (Å²) in [7, 11) is 0. The van der Waals surface area contributed by atoms with Crippen LogP contribution in [0.25, 0.3) is 21.6 Å². The Hall–Kier alpha value is -3.45. The van der Waals surface area contributed by atoms with Crippen molar-refractivity contribution >= 4 is 11.6 Å². The van der Waals surface area contributed by atoms with Crippen LogP contribution in [0.1, 0.15) is 5.69 Å². The van der Waals surface area contributed by atoms with E-state index in [-0.39, 0.29) is 21.1 Å². The van der Waals surface area contributed by atoms with Gasteiger partial charge in [0, 0.05) is 33.1 Å². The van der Waals surface area contributed by atoms with Gasteiger partial charge in [-0.3, -0.25) is 11.1 Å². The Balaban J connectivity index is 0.000000144. The maximum absolute atomic E-state index is 4.27. The first-order valence-corrected chi connectivity index (χ1v) is 9.37. The van der Waals surface area contributed by atoms with Crippen molar-refractivity contribution < 1.29 is 30.2 Å². The van der Waals surface area contributed by atoms with Crippen molar-refractivity contribution in [1.82, 2.24) is 4.98 Å². The van der Waals surface area contributed by atoms with Crippen molar-refractivity contribution in [3.63, 3.8) is 0 Å². The Morgan fingerprint density at radius 2 is 1.74 bits per heavy atom. The van der Waals surface area contributed by atoms with Gasteiger partial charge in [-0.15, -0.1) is 12.2 Å². The van der Waals surface area contributed by atoms with Crippen LogP contribution >= 0.6 is 0 Å². The zero-order valence-corrected chi connectivity index (χ0v) is 18.5. The van der Waals surface area contributed by atoms with Crippen molar-refractivity contribution in [1.29, 1.82) is 0 Å². The van der Waals surface area contributed by atoms with E-state index in [2.05, 4.69) is 32.0 Å². The van der Waals surface area contributed by atoms with Gasteiger partial charge in [0.1, 0.15) is 0 Å². The molecule has 0 bridgehead atoms. The molecule has 0 amide bonds. The summed E-state index contributed by atoms with van der Waals surface area (Å²) in [6.45, 7) is 0. The van der Waals surface area contributed by atoms with Gasteiger partial charge in [0.2, 0.25) is 0 Å². The van der Waals surface area contributed by atoms with Gasteiger partial charge in [0.05, 0.1) is 0 Å². The summed E-state index contributed by atoms with van der Waals surface area (Å²) in [5.41, 5.74) is 16.2. The number of pyridine rings is 3. The molecule has 0 unspecified atom stereocenters. The molecule has 3 aliphatic heterocycles. The molecule has 31 heavy (non-hydrogen) atoms. The first-order valence-electron chi connectivity index (χ1n) is 9.37. The van der Waals surface area contributed by atoms with Crippen LogP contribution in [-0.4, -0.2) is 4.98 Å². The van der Waals surface area contributed by atoms with E-state index < -0.39 is 0 Å². The zero-order valence-electron chi connectivity index (χ0n) is 16.2. The van der Waals surface area contributed by atoms with Crippen LogP contribution in [0.2, 0.25) is 0 Å². The molecule has 3 aromatic rings.